The third kappa shape index (κ3) is 16.3. The first kappa shape index (κ1) is 82.3. The van der Waals surface area contributed by atoms with Gasteiger partial charge in [-0.3, -0.25) is 19.2 Å². The normalized spacial score (nSPS) is 17.2. The summed E-state index contributed by atoms with van der Waals surface area (Å²) in [7, 11) is 0. The molecule has 0 radical (unpaired) electrons. The predicted molar refractivity (Wildman–Crippen MR) is 458 cm³/mol. The molecule has 21 nitrogen and oxygen atoms in total. The fraction of sp³-hybridized carbons (Fsp3) is 0.368. The van der Waals surface area contributed by atoms with Crippen LogP contribution in [-0.4, -0.2) is 97.2 Å². The maximum absolute atomic E-state index is 15.1. The van der Waals surface area contributed by atoms with E-state index in [1.807, 2.05) is 135 Å². The Morgan fingerprint density at radius 1 is 0.475 bits per heavy atom. The number of nitrogens with zero attached hydrogens (tertiary/aromatic N) is 2. The lowest BCUT2D eigenvalue weighted by atomic mass is 9.68. The number of benzene rings is 8. The number of aliphatic hydroxyl groups excluding tert-OH is 3. The number of carbonyl (C=O) groups is 4. The van der Waals surface area contributed by atoms with Gasteiger partial charge in [0, 0.05) is 102 Å². The third-order valence-corrected chi connectivity index (χ3v) is 24.6. The Hall–Kier alpha value is -11.4. The second-order valence-electron chi connectivity index (χ2n) is 35.7. The molecule has 1 unspecified atom stereocenters. The van der Waals surface area contributed by atoms with Crippen molar-refractivity contribution in [2.24, 2.45) is 0 Å². The highest BCUT2D eigenvalue weighted by molar-refractivity contribution is 6.34. The summed E-state index contributed by atoms with van der Waals surface area (Å²) in [5, 5.41) is 45.4. The summed E-state index contributed by atoms with van der Waals surface area (Å²) in [5.74, 6) is 1.65. The molecule has 0 bridgehead atoms. The molecule has 626 valence electrons. The number of halogens is 4. The molecule has 19 rings (SSSR count). The van der Waals surface area contributed by atoms with E-state index in [2.05, 4.69) is 123 Å². The zero-order valence-electron chi connectivity index (χ0n) is 68.7. The van der Waals surface area contributed by atoms with Crippen LogP contribution in [0.5, 0.6) is 34.5 Å². The summed E-state index contributed by atoms with van der Waals surface area (Å²) >= 11 is 6.33. The number of fused-ring (bicyclic) bond motifs is 7. The van der Waals surface area contributed by atoms with Crippen molar-refractivity contribution in [3.05, 3.63) is 226 Å². The second-order valence-corrected chi connectivity index (χ2v) is 36.1. The molecule has 0 saturated heterocycles. The molecule has 8 aromatic carbocycles. The highest BCUT2D eigenvalue weighted by Crippen LogP contribution is 2.55. The monoisotopic (exact) mass is 1650 g/mol. The lowest BCUT2D eigenvalue weighted by Gasteiger charge is -2.36. The van der Waals surface area contributed by atoms with Gasteiger partial charge >= 0.3 is 6.29 Å². The highest BCUT2D eigenvalue weighted by atomic mass is 35.5. The lowest BCUT2D eigenvalue weighted by Crippen LogP contribution is -2.42. The summed E-state index contributed by atoms with van der Waals surface area (Å²) in [6, 6.07) is 52.9. The van der Waals surface area contributed by atoms with E-state index in [0.717, 1.165) is 135 Å². The van der Waals surface area contributed by atoms with Gasteiger partial charge in [-0.15, -0.1) is 8.78 Å². The molecule has 0 spiro atoms. The van der Waals surface area contributed by atoms with Crippen molar-refractivity contribution in [1.82, 2.24) is 19.1 Å². The Morgan fingerprint density at radius 2 is 0.983 bits per heavy atom. The number of aromatic amines is 2. The number of H-pyrrole nitrogens is 2. The minimum Gasteiger partial charge on any atom is -0.454 e. The van der Waals surface area contributed by atoms with Crippen LogP contribution >= 0.6 is 11.6 Å². The van der Waals surface area contributed by atoms with E-state index >= 15 is 4.39 Å². The van der Waals surface area contributed by atoms with Crippen molar-refractivity contribution < 1.29 is 76.1 Å². The molecule has 120 heavy (non-hydrogen) atoms. The van der Waals surface area contributed by atoms with E-state index in [1.165, 1.54) is 30.3 Å². The number of ether oxygens (including phenoxy) is 6. The molecule has 9 N–H and O–H groups in total. The van der Waals surface area contributed by atoms with Crippen LogP contribution in [-0.2, 0) is 70.2 Å². The maximum Gasteiger partial charge on any atom is 0.586 e. The summed E-state index contributed by atoms with van der Waals surface area (Å²) in [4.78, 5) is 59.6. The van der Waals surface area contributed by atoms with E-state index in [9.17, 15) is 43.3 Å². The van der Waals surface area contributed by atoms with Gasteiger partial charge < -0.3 is 84.1 Å². The molecule has 7 aliphatic rings. The molecule has 12 aromatic rings. The fourth-order valence-corrected chi connectivity index (χ4v) is 17.3. The maximum atomic E-state index is 15.1. The number of carbonyl (C=O) groups excluding carboxylic acids is 4. The van der Waals surface area contributed by atoms with Gasteiger partial charge in [-0.2, -0.15) is 0 Å². The molecular weight excluding hydrogens is 1550 g/mol. The first-order chi connectivity index (χ1) is 57.2. The average molecular weight is 1650 g/mol. The van der Waals surface area contributed by atoms with Gasteiger partial charge in [0.1, 0.15) is 5.82 Å². The highest BCUT2D eigenvalue weighted by Gasteiger charge is 2.55. The summed E-state index contributed by atoms with van der Waals surface area (Å²) < 4.78 is 76.4. The van der Waals surface area contributed by atoms with Gasteiger partial charge in [0.25, 0.3) is 0 Å². The van der Waals surface area contributed by atoms with Crippen molar-refractivity contribution in [2.75, 3.05) is 48.1 Å². The summed E-state index contributed by atoms with van der Waals surface area (Å²) in [6.45, 7) is 19.8. The molecule has 25 heteroatoms. The molecule has 3 aliphatic heterocycles. The number of aliphatic hydroxyl groups is 3. The smallest absolute Gasteiger partial charge is 0.454 e. The number of amides is 4. The van der Waals surface area contributed by atoms with Crippen molar-refractivity contribution >= 4 is 102 Å². The standard InChI is InChI=1S/C26H30N2O5.C25H25F3N2O4.C25H30N2O.C19H15ClN2O3/c1-25(2,3)23-11-16-10-18(5-6-20(16)28(23)13-19(30)14-29)27-24(31)26(8-9-26)17-4-7-21-22(12-17)33-15-32-21;1-23(2,3)21-11-14-10-17(16(26)13-18(14)30(21)8-9-31)29-22(32)24(6-7-24)15-4-5-19-20(12-15)34-25(27,28)33-19;1-24(2,3)22-17-18-16-20(12-13-21(18)27-22)26-23(28)25(14-8-5-9-15-25)19-10-6-4-7-11-19;20-13-7-11-3-6-21-14(11)9-15(13)22-18(23)19(4-5-19)12-1-2-16-17(8-12)25-10-24-16/h4-7,10-12,19,29-30H,8-9,13-15H2,1-3H3,(H,27,31);4-5,10-13,31H,6-9H2,1-3H3,(H,29,32);4,6-7,10-13,16-17,27H,5,8-9,14-15H2,1-3H3,(H,26,28);1-3,6-9,21H,4-5,10H2,(H,22,23). The molecule has 4 aliphatic carbocycles. The number of rotatable bonds is 17. The van der Waals surface area contributed by atoms with Gasteiger partial charge in [-0.05, 0) is 189 Å². The number of alkyl halides is 2. The van der Waals surface area contributed by atoms with Crippen LogP contribution in [0.4, 0.5) is 35.9 Å². The predicted octanol–water partition coefficient (Wildman–Crippen LogP) is 19.3. The second kappa shape index (κ2) is 31.6. The van der Waals surface area contributed by atoms with Crippen molar-refractivity contribution in [2.45, 2.75) is 196 Å². The van der Waals surface area contributed by atoms with Crippen LogP contribution in [0.15, 0.2) is 176 Å². The average Bonchev–Trinajstić information content (AvgIpc) is 1.59. The quantitative estimate of drug-likeness (QED) is 0.0411. The van der Waals surface area contributed by atoms with Crippen LogP contribution in [0.25, 0.3) is 43.6 Å². The first-order valence-corrected chi connectivity index (χ1v) is 41.4. The Labute approximate surface area is 698 Å². The number of hydrogen-bond acceptors (Lipinski definition) is 13. The van der Waals surface area contributed by atoms with Gasteiger partial charge in [0.2, 0.25) is 37.2 Å². The van der Waals surface area contributed by atoms with Gasteiger partial charge in [0.15, 0.2) is 34.5 Å². The molecule has 4 amide bonds. The molecule has 4 fully saturated rings. The van der Waals surface area contributed by atoms with Gasteiger partial charge in [-0.1, -0.05) is 142 Å². The Bertz CT molecular complexity index is 5950. The number of nitrogens with one attached hydrogen (secondary N) is 6. The van der Waals surface area contributed by atoms with E-state index in [4.69, 9.17) is 30.5 Å². The van der Waals surface area contributed by atoms with E-state index in [0.29, 0.717) is 65.0 Å². The first-order valence-electron chi connectivity index (χ1n) is 41.0. The molecular formula is C95H100ClF3N8O13. The lowest BCUT2D eigenvalue weighted by molar-refractivity contribution is -0.286. The summed E-state index contributed by atoms with van der Waals surface area (Å²) in [5.41, 5.74) is 9.95. The van der Waals surface area contributed by atoms with E-state index in [-0.39, 0.29) is 78.0 Å². The van der Waals surface area contributed by atoms with Crippen LogP contribution in [0.2, 0.25) is 5.02 Å². The fourth-order valence-electron chi connectivity index (χ4n) is 17.1. The third-order valence-electron chi connectivity index (χ3n) is 24.3. The zero-order valence-corrected chi connectivity index (χ0v) is 69.4. The largest absolute Gasteiger partial charge is 0.586 e. The SMILES string of the molecule is CC(C)(C)c1cc2cc(NC(=O)C3(c4ccc5c(c4)OC(F)(F)O5)CC3)c(F)cc2n1CCO.CC(C)(C)c1cc2cc(NC(=O)C3(c4ccc5c(c4)OCO5)CC3)ccc2n1CC(O)CO.CC(C)(C)c1cc2cc(NC(=O)C3(c4ccccc4)CCCCC3)ccc2[nH]1.O=C(Nc1cc2[nH]ccc2cc1Cl)C1(c2ccc3c(c2)OCO3)CC1. The van der Waals surface area contributed by atoms with Crippen molar-refractivity contribution in [3.8, 4) is 34.5 Å². The van der Waals surface area contributed by atoms with Crippen LogP contribution in [0, 0.1) is 5.82 Å². The molecule has 7 heterocycles. The summed E-state index contributed by atoms with van der Waals surface area (Å²) in [6.07, 6.45) is 6.74. The number of aromatic nitrogens is 4. The van der Waals surface area contributed by atoms with E-state index in [1.54, 1.807) is 12.1 Å². The van der Waals surface area contributed by atoms with Crippen LogP contribution in [0.1, 0.15) is 172 Å². The van der Waals surface area contributed by atoms with Crippen molar-refractivity contribution in [1.29, 1.82) is 0 Å². The Balaban J connectivity index is 0.000000120. The minimum absolute atomic E-state index is 0.0214. The van der Waals surface area contributed by atoms with Crippen LogP contribution in [0.3, 0.4) is 0 Å². The minimum atomic E-state index is -3.74. The molecule has 4 aromatic heterocycles. The van der Waals surface area contributed by atoms with Gasteiger partial charge in [-0.25, -0.2) is 4.39 Å². The molecule has 1 atom stereocenters. The number of anilines is 4. The topological polar surface area (TPSA) is 274 Å². The Morgan fingerprint density at radius 3 is 1.54 bits per heavy atom. The molecule has 4 saturated carbocycles. The van der Waals surface area contributed by atoms with Crippen molar-refractivity contribution in [3.63, 3.8) is 0 Å². The van der Waals surface area contributed by atoms with E-state index < -0.39 is 45.8 Å². The zero-order chi connectivity index (χ0) is 84.6. The van der Waals surface area contributed by atoms with Crippen LogP contribution < -0.4 is 49.7 Å². The Kier molecular flexibility index (Phi) is 21.7. The number of hydrogen-bond donors (Lipinski definition) is 9. The van der Waals surface area contributed by atoms with Gasteiger partial charge in [0.05, 0.1) is 69.4 Å².